The van der Waals surface area contributed by atoms with E-state index in [0.717, 1.165) is 49.8 Å². The van der Waals surface area contributed by atoms with Gasteiger partial charge in [0.1, 0.15) is 5.75 Å². The molecule has 0 unspecified atom stereocenters. The van der Waals surface area contributed by atoms with Crippen molar-refractivity contribution in [1.29, 1.82) is 0 Å². The van der Waals surface area contributed by atoms with Crippen LogP contribution >= 0.6 is 0 Å². The van der Waals surface area contributed by atoms with E-state index in [0.29, 0.717) is 29.0 Å². The molecule has 1 amide bonds. The maximum Gasteiger partial charge on any atom is 0.263 e. The molecule has 1 aromatic heterocycles. The average molecular weight is 490 g/mol. The molecule has 0 spiro atoms. The van der Waals surface area contributed by atoms with Gasteiger partial charge < -0.3 is 14.8 Å². The summed E-state index contributed by atoms with van der Waals surface area (Å²) < 4.78 is 13.4. The minimum absolute atomic E-state index is 0.0933. The van der Waals surface area contributed by atoms with Gasteiger partial charge in [-0.1, -0.05) is 12.1 Å². The van der Waals surface area contributed by atoms with E-state index in [9.17, 15) is 9.59 Å². The van der Waals surface area contributed by atoms with E-state index < -0.39 is 0 Å². The Morgan fingerprint density at radius 2 is 1.86 bits per heavy atom. The monoisotopic (exact) mass is 489 g/mol. The number of pyridine rings is 1. The molecule has 3 aromatic rings. The number of benzene rings is 2. The minimum atomic E-state index is -0.128. The van der Waals surface area contributed by atoms with Crippen LogP contribution in [0.2, 0.25) is 0 Å². The van der Waals surface area contributed by atoms with E-state index in [1.165, 1.54) is 0 Å². The van der Waals surface area contributed by atoms with Crippen LogP contribution < -0.4 is 15.6 Å². The summed E-state index contributed by atoms with van der Waals surface area (Å²) in [6.07, 6.45) is 5.27. The number of ether oxygens (including phenoxy) is 2. The van der Waals surface area contributed by atoms with Gasteiger partial charge in [-0.25, -0.2) is 0 Å². The van der Waals surface area contributed by atoms with Crippen LogP contribution in [0.15, 0.2) is 53.5 Å². The maximum atomic E-state index is 13.5. The lowest BCUT2D eigenvalue weighted by atomic mass is 10.1. The van der Waals surface area contributed by atoms with Crippen LogP contribution in [0.5, 0.6) is 5.75 Å². The standard InChI is InChI=1S/C29H35N3O4/c1-19-5-6-23(28(33)30-24-8-9-24)15-27(19)32-13-11-22-7-10-25(16-26(22)29(32)34)35-14-4-12-31-17-20(2)36-21(3)18-31/h5-7,10-11,13,15-16,20-21,24H,4,8-9,12,14,17-18H2,1-3H3,(H,30,33)/t20-,21+. The number of fused-ring (bicyclic) bond motifs is 1. The zero-order valence-electron chi connectivity index (χ0n) is 21.3. The fourth-order valence-electron chi connectivity index (χ4n) is 4.95. The highest BCUT2D eigenvalue weighted by Gasteiger charge is 2.24. The molecule has 0 radical (unpaired) electrons. The molecule has 7 heteroatoms. The Hall–Kier alpha value is -3.16. The molecule has 2 heterocycles. The average Bonchev–Trinajstić information content (AvgIpc) is 3.66. The van der Waals surface area contributed by atoms with Crippen LogP contribution in [0.25, 0.3) is 16.5 Å². The first kappa shape index (κ1) is 24.5. The molecule has 1 N–H and O–H groups in total. The molecule has 2 fully saturated rings. The first-order chi connectivity index (χ1) is 17.4. The molecule has 36 heavy (non-hydrogen) atoms. The normalized spacial score (nSPS) is 20.4. The molecule has 5 rings (SSSR count). The fourth-order valence-corrected chi connectivity index (χ4v) is 4.95. The number of morpholine rings is 1. The molecular weight excluding hydrogens is 454 g/mol. The van der Waals surface area contributed by atoms with E-state index in [1.807, 2.05) is 43.3 Å². The van der Waals surface area contributed by atoms with Crippen LogP contribution in [0.3, 0.4) is 0 Å². The SMILES string of the molecule is Cc1ccc(C(=O)NC2CC2)cc1-n1ccc2ccc(OCCCN3C[C@@H](C)O[C@@H](C)C3)cc2c1=O. The Balaban J connectivity index is 1.30. The summed E-state index contributed by atoms with van der Waals surface area (Å²) in [5.41, 5.74) is 2.08. The topological polar surface area (TPSA) is 72.8 Å². The molecule has 2 atom stereocenters. The van der Waals surface area contributed by atoms with Crippen molar-refractivity contribution in [2.75, 3.05) is 26.2 Å². The smallest absolute Gasteiger partial charge is 0.263 e. The number of nitrogens with zero attached hydrogens (tertiary/aromatic N) is 2. The molecule has 7 nitrogen and oxygen atoms in total. The Morgan fingerprint density at radius 3 is 2.61 bits per heavy atom. The molecule has 1 saturated carbocycles. The summed E-state index contributed by atoms with van der Waals surface area (Å²) in [7, 11) is 0. The molecule has 1 aliphatic heterocycles. The summed E-state index contributed by atoms with van der Waals surface area (Å²) >= 11 is 0. The van der Waals surface area contributed by atoms with Crippen molar-refractivity contribution in [3.8, 4) is 11.4 Å². The predicted molar refractivity (Wildman–Crippen MR) is 141 cm³/mol. The molecule has 2 aromatic carbocycles. The largest absolute Gasteiger partial charge is 0.494 e. The quantitative estimate of drug-likeness (QED) is 0.483. The van der Waals surface area contributed by atoms with Gasteiger partial charge in [0.25, 0.3) is 11.5 Å². The zero-order chi connectivity index (χ0) is 25.2. The number of hydrogen-bond donors (Lipinski definition) is 1. The summed E-state index contributed by atoms with van der Waals surface area (Å²) in [6.45, 7) is 9.62. The molecule has 2 aliphatic rings. The third-order valence-corrected chi connectivity index (χ3v) is 6.90. The first-order valence-corrected chi connectivity index (χ1v) is 13.0. The fraction of sp³-hybridized carbons (Fsp3) is 0.448. The van der Waals surface area contributed by atoms with Crippen molar-refractivity contribution < 1.29 is 14.3 Å². The molecule has 0 bridgehead atoms. The lowest BCUT2D eigenvalue weighted by Gasteiger charge is -2.35. The third-order valence-electron chi connectivity index (χ3n) is 6.90. The van der Waals surface area contributed by atoms with Crippen molar-refractivity contribution >= 4 is 16.7 Å². The molecule has 1 saturated heterocycles. The molecule has 1 aliphatic carbocycles. The number of hydrogen-bond acceptors (Lipinski definition) is 5. The van der Waals surface area contributed by atoms with Crippen molar-refractivity contribution in [1.82, 2.24) is 14.8 Å². The minimum Gasteiger partial charge on any atom is -0.494 e. The highest BCUT2D eigenvalue weighted by atomic mass is 16.5. The van der Waals surface area contributed by atoms with Gasteiger partial charge >= 0.3 is 0 Å². The first-order valence-electron chi connectivity index (χ1n) is 13.0. The Bertz CT molecular complexity index is 1300. The van der Waals surface area contributed by atoms with Gasteiger partial charge in [0.2, 0.25) is 0 Å². The van der Waals surface area contributed by atoms with Gasteiger partial charge in [0.05, 0.1) is 29.9 Å². The third kappa shape index (κ3) is 5.63. The Labute approximate surface area is 212 Å². The number of amides is 1. The van der Waals surface area contributed by atoms with E-state index in [-0.39, 0.29) is 29.7 Å². The second-order valence-electron chi connectivity index (χ2n) is 10.2. The Kier molecular flexibility index (Phi) is 7.12. The number of nitrogens with one attached hydrogen (secondary N) is 1. The molecular formula is C29H35N3O4. The van der Waals surface area contributed by atoms with Gasteiger partial charge in [-0.05, 0) is 81.3 Å². The van der Waals surface area contributed by atoms with Crippen LogP contribution in [0, 0.1) is 6.92 Å². The van der Waals surface area contributed by atoms with Gasteiger partial charge in [-0.3, -0.25) is 19.1 Å². The van der Waals surface area contributed by atoms with Gasteiger partial charge in [0, 0.05) is 37.4 Å². The van der Waals surface area contributed by atoms with Crippen LogP contribution in [-0.4, -0.2) is 59.9 Å². The number of aromatic nitrogens is 1. The number of carbonyl (C=O) groups is 1. The van der Waals surface area contributed by atoms with E-state index in [1.54, 1.807) is 16.8 Å². The van der Waals surface area contributed by atoms with Crippen molar-refractivity contribution in [2.45, 2.75) is 58.3 Å². The summed E-state index contributed by atoms with van der Waals surface area (Å²) in [5, 5.41) is 4.47. The lowest BCUT2D eigenvalue weighted by Crippen LogP contribution is -2.45. The number of carbonyl (C=O) groups excluding carboxylic acids is 1. The number of rotatable bonds is 8. The molecule has 190 valence electrons. The van der Waals surface area contributed by atoms with E-state index >= 15 is 0 Å². The van der Waals surface area contributed by atoms with Crippen LogP contribution in [0.4, 0.5) is 0 Å². The number of aryl methyl sites for hydroxylation is 1. The van der Waals surface area contributed by atoms with E-state index in [2.05, 4.69) is 24.1 Å². The van der Waals surface area contributed by atoms with Crippen LogP contribution in [-0.2, 0) is 4.74 Å². The maximum absolute atomic E-state index is 13.5. The summed E-state index contributed by atoms with van der Waals surface area (Å²) in [6, 6.07) is 13.4. The predicted octanol–water partition coefficient (Wildman–Crippen LogP) is 4.07. The highest BCUT2D eigenvalue weighted by molar-refractivity contribution is 5.95. The second kappa shape index (κ2) is 10.4. The van der Waals surface area contributed by atoms with Crippen molar-refractivity contribution in [2.24, 2.45) is 0 Å². The van der Waals surface area contributed by atoms with Crippen LogP contribution in [0.1, 0.15) is 49.0 Å². The summed E-state index contributed by atoms with van der Waals surface area (Å²) in [5.74, 6) is 0.597. The van der Waals surface area contributed by atoms with E-state index in [4.69, 9.17) is 9.47 Å². The van der Waals surface area contributed by atoms with Crippen molar-refractivity contribution in [3.05, 3.63) is 70.1 Å². The van der Waals surface area contributed by atoms with Crippen molar-refractivity contribution in [3.63, 3.8) is 0 Å². The highest BCUT2D eigenvalue weighted by Crippen LogP contribution is 2.23. The van der Waals surface area contributed by atoms with Gasteiger partial charge in [0.15, 0.2) is 0 Å². The second-order valence-corrected chi connectivity index (χ2v) is 10.2. The Morgan fingerprint density at radius 1 is 1.08 bits per heavy atom. The lowest BCUT2D eigenvalue weighted by molar-refractivity contribution is -0.0686. The summed E-state index contributed by atoms with van der Waals surface area (Å²) in [4.78, 5) is 28.5. The van der Waals surface area contributed by atoms with Gasteiger partial charge in [-0.15, -0.1) is 0 Å². The van der Waals surface area contributed by atoms with Gasteiger partial charge in [-0.2, -0.15) is 0 Å². The zero-order valence-corrected chi connectivity index (χ0v) is 21.3.